The van der Waals surface area contributed by atoms with Gasteiger partial charge in [-0.25, -0.2) is 0 Å². The van der Waals surface area contributed by atoms with Crippen LogP contribution in [0.5, 0.6) is 0 Å². The normalized spacial score (nSPS) is 26.0. The molecular weight excluding hydrogens is 102 g/mol. The van der Waals surface area contributed by atoms with Crippen LogP contribution in [0.3, 0.4) is 0 Å². The SMILES string of the molecule is CC1C=C(C#N)OC1. The molecule has 0 radical (unpaired) electrons. The molecule has 0 saturated carbocycles. The molecule has 0 spiro atoms. The number of rotatable bonds is 0. The van der Waals surface area contributed by atoms with E-state index in [1.807, 2.05) is 19.1 Å². The summed E-state index contributed by atoms with van der Waals surface area (Å²) < 4.78 is 4.91. The number of hydrogen-bond acceptors (Lipinski definition) is 2. The molecule has 8 heavy (non-hydrogen) atoms. The second-order valence-corrected chi connectivity index (χ2v) is 1.93. The second-order valence-electron chi connectivity index (χ2n) is 1.93. The first-order valence-corrected chi connectivity index (χ1v) is 2.57. The number of hydrogen-bond donors (Lipinski definition) is 0. The van der Waals surface area contributed by atoms with Gasteiger partial charge in [0, 0.05) is 5.92 Å². The standard InChI is InChI=1S/C6H7NO/c1-5-2-6(3-7)8-4-5/h2,5H,4H2,1H3. The number of nitrogens with zero attached hydrogens (tertiary/aromatic N) is 1. The van der Waals surface area contributed by atoms with Crippen LogP contribution < -0.4 is 0 Å². The van der Waals surface area contributed by atoms with Crippen molar-refractivity contribution in [1.82, 2.24) is 0 Å². The molecule has 2 heteroatoms. The van der Waals surface area contributed by atoms with Gasteiger partial charge < -0.3 is 4.74 Å². The van der Waals surface area contributed by atoms with Gasteiger partial charge in [0.25, 0.3) is 0 Å². The summed E-state index contributed by atoms with van der Waals surface area (Å²) >= 11 is 0. The van der Waals surface area contributed by atoms with Crippen molar-refractivity contribution in [2.75, 3.05) is 6.61 Å². The topological polar surface area (TPSA) is 33.0 Å². The highest BCUT2D eigenvalue weighted by atomic mass is 16.5. The van der Waals surface area contributed by atoms with Crippen LogP contribution in [0.25, 0.3) is 0 Å². The van der Waals surface area contributed by atoms with Crippen molar-refractivity contribution in [2.24, 2.45) is 5.92 Å². The molecule has 0 aromatic heterocycles. The van der Waals surface area contributed by atoms with Crippen molar-refractivity contribution in [1.29, 1.82) is 5.26 Å². The van der Waals surface area contributed by atoms with E-state index in [4.69, 9.17) is 10.00 Å². The Morgan fingerprint density at radius 3 is 3.00 bits per heavy atom. The quantitative estimate of drug-likeness (QED) is 0.466. The predicted molar refractivity (Wildman–Crippen MR) is 28.8 cm³/mol. The number of allylic oxidation sites excluding steroid dienone is 1. The molecule has 2 nitrogen and oxygen atoms in total. The van der Waals surface area contributed by atoms with Gasteiger partial charge in [-0.05, 0) is 6.08 Å². The second kappa shape index (κ2) is 1.87. The van der Waals surface area contributed by atoms with Crippen LogP contribution in [0, 0.1) is 17.2 Å². The first-order chi connectivity index (χ1) is 3.83. The third-order valence-corrected chi connectivity index (χ3v) is 1.05. The minimum Gasteiger partial charge on any atom is -0.483 e. The maximum atomic E-state index is 8.24. The van der Waals surface area contributed by atoms with Crippen LogP contribution in [0.4, 0.5) is 0 Å². The van der Waals surface area contributed by atoms with Crippen molar-refractivity contribution in [2.45, 2.75) is 6.92 Å². The molecule has 0 aliphatic carbocycles. The van der Waals surface area contributed by atoms with Crippen molar-refractivity contribution in [3.63, 3.8) is 0 Å². The van der Waals surface area contributed by atoms with E-state index in [-0.39, 0.29) is 0 Å². The molecule has 1 heterocycles. The van der Waals surface area contributed by atoms with Crippen LogP contribution in [0.1, 0.15) is 6.92 Å². The lowest BCUT2D eigenvalue weighted by molar-refractivity contribution is 0.236. The minimum atomic E-state index is 0.421. The van der Waals surface area contributed by atoms with E-state index in [2.05, 4.69) is 0 Å². The molecule has 1 unspecified atom stereocenters. The molecule has 1 atom stereocenters. The summed E-state index contributed by atoms with van der Waals surface area (Å²) in [6, 6.07) is 1.93. The lowest BCUT2D eigenvalue weighted by Gasteiger charge is -1.92. The Bertz CT molecular complexity index is 154. The van der Waals surface area contributed by atoms with Crippen LogP contribution in [0.15, 0.2) is 11.8 Å². The van der Waals surface area contributed by atoms with Crippen molar-refractivity contribution < 1.29 is 4.74 Å². The first kappa shape index (κ1) is 5.17. The fourth-order valence-electron chi connectivity index (χ4n) is 0.645. The molecule has 0 fully saturated rings. The summed E-state index contributed by atoms with van der Waals surface area (Å²) in [5.41, 5.74) is 0. The van der Waals surface area contributed by atoms with E-state index in [1.165, 1.54) is 0 Å². The van der Waals surface area contributed by atoms with Gasteiger partial charge in [0.1, 0.15) is 6.07 Å². The molecule has 0 bridgehead atoms. The Morgan fingerprint density at radius 2 is 2.75 bits per heavy atom. The van der Waals surface area contributed by atoms with Gasteiger partial charge in [0.05, 0.1) is 6.61 Å². The summed E-state index contributed by atoms with van der Waals surface area (Å²) in [6.45, 7) is 2.69. The monoisotopic (exact) mass is 109 g/mol. The first-order valence-electron chi connectivity index (χ1n) is 2.57. The summed E-state index contributed by atoms with van der Waals surface area (Å²) in [5.74, 6) is 0.891. The maximum Gasteiger partial charge on any atom is 0.193 e. The van der Waals surface area contributed by atoms with Gasteiger partial charge in [-0.2, -0.15) is 5.26 Å². The molecule has 1 rings (SSSR count). The summed E-state index contributed by atoms with van der Waals surface area (Å²) in [6.07, 6.45) is 1.83. The Labute approximate surface area is 48.4 Å². The minimum absolute atomic E-state index is 0.421. The Kier molecular flexibility index (Phi) is 1.21. The zero-order chi connectivity index (χ0) is 5.98. The molecule has 1 aliphatic heterocycles. The summed E-state index contributed by atoms with van der Waals surface area (Å²) in [4.78, 5) is 0. The largest absolute Gasteiger partial charge is 0.483 e. The fraction of sp³-hybridized carbons (Fsp3) is 0.500. The Balaban J connectivity index is 2.61. The van der Waals surface area contributed by atoms with Gasteiger partial charge >= 0.3 is 0 Å². The molecule has 0 saturated heterocycles. The van der Waals surface area contributed by atoms with Crippen LogP contribution >= 0.6 is 0 Å². The average Bonchev–Trinajstić information content (AvgIpc) is 2.14. The zero-order valence-corrected chi connectivity index (χ0v) is 4.72. The molecule has 42 valence electrons. The van der Waals surface area contributed by atoms with Crippen molar-refractivity contribution >= 4 is 0 Å². The number of ether oxygens (including phenoxy) is 1. The van der Waals surface area contributed by atoms with Gasteiger partial charge in [-0.1, -0.05) is 6.92 Å². The highest BCUT2D eigenvalue weighted by molar-refractivity contribution is 5.17. The van der Waals surface area contributed by atoms with Crippen molar-refractivity contribution in [3.8, 4) is 6.07 Å². The Morgan fingerprint density at radius 1 is 2.00 bits per heavy atom. The van der Waals surface area contributed by atoms with E-state index in [0.717, 1.165) is 0 Å². The highest BCUT2D eigenvalue weighted by Crippen LogP contribution is 2.13. The fourth-order valence-corrected chi connectivity index (χ4v) is 0.645. The third-order valence-electron chi connectivity index (χ3n) is 1.05. The Hall–Kier alpha value is -0.970. The molecular formula is C6H7NO. The van der Waals surface area contributed by atoms with Crippen LogP contribution in [-0.2, 0) is 4.74 Å². The number of nitriles is 1. The molecule has 1 aliphatic rings. The average molecular weight is 109 g/mol. The smallest absolute Gasteiger partial charge is 0.193 e. The lowest BCUT2D eigenvalue weighted by Crippen LogP contribution is -1.89. The van der Waals surface area contributed by atoms with E-state index in [9.17, 15) is 0 Å². The van der Waals surface area contributed by atoms with Crippen molar-refractivity contribution in [3.05, 3.63) is 11.8 Å². The molecule has 0 N–H and O–H groups in total. The van der Waals surface area contributed by atoms with Crippen LogP contribution in [0.2, 0.25) is 0 Å². The zero-order valence-electron chi connectivity index (χ0n) is 4.72. The van der Waals surface area contributed by atoms with Gasteiger partial charge in [-0.15, -0.1) is 0 Å². The summed E-state index contributed by atoms with van der Waals surface area (Å²) in [5, 5.41) is 8.24. The van der Waals surface area contributed by atoms with Gasteiger partial charge in [-0.3, -0.25) is 0 Å². The summed E-state index contributed by atoms with van der Waals surface area (Å²) in [7, 11) is 0. The third kappa shape index (κ3) is 0.812. The van der Waals surface area contributed by atoms with Gasteiger partial charge in [0.2, 0.25) is 0 Å². The molecule has 0 aromatic rings. The van der Waals surface area contributed by atoms with E-state index >= 15 is 0 Å². The molecule has 0 aromatic carbocycles. The molecule has 0 amide bonds. The predicted octanol–water partition coefficient (Wildman–Crippen LogP) is 1.06. The van der Waals surface area contributed by atoms with Crippen LogP contribution in [-0.4, -0.2) is 6.61 Å². The maximum absolute atomic E-state index is 8.24. The van der Waals surface area contributed by atoms with E-state index in [0.29, 0.717) is 18.3 Å². The van der Waals surface area contributed by atoms with E-state index in [1.54, 1.807) is 0 Å². The highest BCUT2D eigenvalue weighted by Gasteiger charge is 2.10. The lowest BCUT2D eigenvalue weighted by atomic mass is 10.2. The van der Waals surface area contributed by atoms with Gasteiger partial charge in [0.15, 0.2) is 5.76 Å². The van der Waals surface area contributed by atoms with E-state index < -0.39 is 0 Å².